The number of amides is 2. The molecule has 0 aromatic heterocycles. The second-order valence-electron chi connectivity index (χ2n) is 7.87. The molecule has 2 saturated heterocycles. The van der Waals surface area contributed by atoms with Gasteiger partial charge in [0, 0.05) is 51.5 Å². The summed E-state index contributed by atoms with van der Waals surface area (Å²) in [7, 11) is 0. The summed E-state index contributed by atoms with van der Waals surface area (Å²) in [6, 6.07) is 7.75. The number of hydrogen-bond acceptors (Lipinski definition) is 5. The summed E-state index contributed by atoms with van der Waals surface area (Å²) in [5.74, 6) is 0.0533. The molecule has 0 atom stereocenters. The number of nitrogens with zero attached hydrogens (tertiary/aromatic N) is 2. The summed E-state index contributed by atoms with van der Waals surface area (Å²) in [4.78, 5) is 30.0. The highest BCUT2D eigenvalue weighted by Crippen LogP contribution is 2.37. The molecule has 1 N–H and O–H groups in total. The van der Waals surface area contributed by atoms with Crippen LogP contribution in [-0.2, 0) is 20.8 Å². The van der Waals surface area contributed by atoms with Gasteiger partial charge in [-0.3, -0.25) is 14.5 Å². The SMILES string of the molecule is O=C(CC1(N2Cc3ccccc3C2=O)CCOCC1)NCCN1CCOCC1. The third-order valence-corrected chi connectivity index (χ3v) is 6.16. The molecule has 7 nitrogen and oxygen atoms in total. The maximum Gasteiger partial charge on any atom is 0.254 e. The molecule has 4 rings (SSSR count). The van der Waals surface area contributed by atoms with Crippen molar-refractivity contribution < 1.29 is 19.1 Å². The summed E-state index contributed by atoms with van der Waals surface area (Å²) >= 11 is 0. The predicted molar refractivity (Wildman–Crippen MR) is 104 cm³/mol. The summed E-state index contributed by atoms with van der Waals surface area (Å²) in [6.07, 6.45) is 1.73. The van der Waals surface area contributed by atoms with Gasteiger partial charge in [-0.1, -0.05) is 18.2 Å². The van der Waals surface area contributed by atoms with E-state index in [1.165, 1.54) is 0 Å². The average Bonchev–Trinajstić information content (AvgIpc) is 3.07. The largest absolute Gasteiger partial charge is 0.381 e. The molecule has 28 heavy (non-hydrogen) atoms. The first kappa shape index (κ1) is 19.4. The third kappa shape index (κ3) is 4.06. The number of ether oxygens (including phenoxy) is 2. The molecular weight excluding hydrogens is 358 g/mol. The van der Waals surface area contributed by atoms with Crippen LogP contribution in [0.2, 0.25) is 0 Å². The standard InChI is InChI=1S/C21H29N3O4/c25-19(22-7-8-23-9-13-28-14-10-23)15-21(5-11-27-12-6-21)24-16-17-3-1-2-4-18(17)20(24)26/h1-4H,5-16H2,(H,22,25). The van der Waals surface area contributed by atoms with E-state index >= 15 is 0 Å². The van der Waals surface area contributed by atoms with Crippen LogP contribution in [0.25, 0.3) is 0 Å². The van der Waals surface area contributed by atoms with Crippen LogP contribution in [0.1, 0.15) is 35.2 Å². The molecule has 3 heterocycles. The zero-order chi connectivity index (χ0) is 19.4. The number of rotatable bonds is 6. The number of carbonyl (C=O) groups is 2. The fourth-order valence-corrected chi connectivity index (χ4v) is 4.47. The van der Waals surface area contributed by atoms with Crippen LogP contribution in [0.4, 0.5) is 0 Å². The van der Waals surface area contributed by atoms with E-state index in [0.29, 0.717) is 45.6 Å². The van der Waals surface area contributed by atoms with Crippen molar-refractivity contribution in [2.45, 2.75) is 31.3 Å². The van der Waals surface area contributed by atoms with Gasteiger partial charge in [0.15, 0.2) is 0 Å². The minimum atomic E-state index is -0.461. The number of carbonyl (C=O) groups excluding carboxylic acids is 2. The Labute approximate surface area is 166 Å². The van der Waals surface area contributed by atoms with Gasteiger partial charge in [-0.05, 0) is 24.5 Å². The lowest BCUT2D eigenvalue weighted by Gasteiger charge is -2.44. The number of benzene rings is 1. The van der Waals surface area contributed by atoms with Gasteiger partial charge in [-0.2, -0.15) is 0 Å². The average molecular weight is 387 g/mol. The van der Waals surface area contributed by atoms with E-state index in [4.69, 9.17) is 9.47 Å². The Balaban J connectivity index is 1.39. The van der Waals surface area contributed by atoms with Gasteiger partial charge >= 0.3 is 0 Å². The van der Waals surface area contributed by atoms with Gasteiger partial charge in [-0.15, -0.1) is 0 Å². The van der Waals surface area contributed by atoms with Gasteiger partial charge in [0.1, 0.15) is 0 Å². The van der Waals surface area contributed by atoms with Gasteiger partial charge in [0.25, 0.3) is 5.91 Å². The van der Waals surface area contributed by atoms with Crippen LogP contribution >= 0.6 is 0 Å². The number of fused-ring (bicyclic) bond motifs is 1. The van der Waals surface area contributed by atoms with E-state index in [-0.39, 0.29) is 11.8 Å². The quantitative estimate of drug-likeness (QED) is 0.790. The summed E-state index contributed by atoms with van der Waals surface area (Å²) in [5, 5.41) is 3.06. The first-order valence-electron chi connectivity index (χ1n) is 10.2. The lowest BCUT2D eigenvalue weighted by atomic mass is 9.84. The van der Waals surface area contributed by atoms with Gasteiger partial charge < -0.3 is 19.7 Å². The zero-order valence-corrected chi connectivity index (χ0v) is 16.3. The molecule has 0 bridgehead atoms. The molecule has 3 aliphatic rings. The first-order valence-corrected chi connectivity index (χ1v) is 10.2. The molecule has 2 fully saturated rings. The molecule has 0 radical (unpaired) electrons. The molecule has 1 aromatic carbocycles. The Hall–Kier alpha value is -1.96. The lowest BCUT2D eigenvalue weighted by Crippen LogP contribution is -2.55. The predicted octanol–water partition coefficient (Wildman–Crippen LogP) is 1.03. The normalized spacial score (nSPS) is 22.1. The van der Waals surface area contributed by atoms with Crippen LogP contribution in [-0.4, -0.2) is 79.8 Å². The Bertz CT molecular complexity index is 711. The second-order valence-corrected chi connectivity index (χ2v) is 7.87. The van der Waals surface area contributed by atoms with Crippen molar-refractivity contribution in [3.8, 4) is 0 Å². The van der Waals surface area contributed by atoms with E-state index in [1.807, 2.05) is 29.2 Å². The van der Waals surface area contributed by atoms with Crippen molar-refractivity contribution in [3.05, 3.63) is 35.4 Å². The van der Waals surface area contributed by atoms with E-state index in [2.05, 4.69) is 10.2 Å². The number of morpholine rings is 1. The summed E-state index contributed by atoms with van der Waals surface area (Å²) in [6.45, 7) is 6.55. The van der Waals surface area contributed by atoms with Crippen LogP contribution < -0.4 is 5.32 Å². The molecule has 2 amide bonds. The fourth-order valence-electron chi connectivity index (χ4n) is 4.47. The maximum absolute atomic E-state index is 13.0. The minimum absolute atomic E-state index is 0.0129. The molecule has 7 heteroatoms. The number of nitrogens with one attached hydrogen (secondary N) is 1. The van der Waals surface area contributed by atoms with Crippen molar-refractivity contribution in [3.63, 3.8) is 0 Å². The van der Waals surface area contributed by atoms with Gasteiger partial charge in [0.2, 0.25) is 5.91 Å². The monoisotopic (exact) mass is 387 g/mol. The van der Waals surface area contributed by atoms with Crippen molar-refractivity contribution in [2.75, 3.05) is 52.6 Å². The Morgan fingerprint density at radius 2 is 1.79 bits per heavy atom. The molecule has 0 aliphatic carbocycles. The van der Waals surface area contributed by atoms with Crippen LogP contribution in [0.15, 0.2) is 24.3 Å². The Morgan fingerprint density at radius 3 is 2.54 bits per heavy atom. The topological polar surface area (TPSA) is 71.1 Å². The lowest BCUT2D eigenvalue weighted by molar-refractivity contribution is -0.125. The highest BCUT2D eigenvalue weighted by atomic mass is 16.5. The van der Waals surface area contributed by atoms with Crippen molar-refractivity contribution in [1.82, 2.24) is 15.1 Å². The highest BCUT2D eigenvalue weighted by molar-refractivity contribution is 5.99. The summed E-state index contributed by atoms with van der Waals surface area (Å²) in [5.41, 5.74) is 1.35. The van der Waals surface area contributed by atoms with Crippen molar-refractivity contribution >= 4 is 11.8 Å². The molecule has 0 unspecified atom stereocenters. The third-order valence-electron chi connectivity index (χ3n) is 6.16. The minimum Gasteiger partial charge on any atom is -0.381 e. The Kier molecular flexibility index (Phi) is 5.94. The molecule has 152 valence electrons. The smallest absolute Gasteiger partial charge is 0.254 e. The molecule has 0 spiro atoms. The van der Waals surface area contributed by atoms with E-state index in [1.54, 1.807) is 0 Å². The molecule has 1 aromatic rings. The van der Waals surface area contributed by atoms with Crippen molar-refractivity contribution in [2.24, 2.45) is 0 Å². The fraction of sp³-hybridized carbons (Fsp3) is 0.619. The van der Waals surface area contributed by atoms with Crippen LogP contribution in [0, 0.1) is 0 Å². The highest BCUT2D eigenvalue weighted by Gasteiger charge is 2.45. The summed E-state index contributed by atoms with van der Waals surface area (Å²) < 4.78 is 10.9. The van der Waals surface area contributed by atoms with E-state index < -0.39 is 5.54 Å². The van der Waals surface area contributed by atoms with Gasteiger partial charge in [0.05, 0.1) is 25.2 Å². The zero-order valence-electron chi connectivity index (χ0n) is 16.3. The molecule has 0 saturated carbocycles. The van der Waals surface area contributed by atoms with E-state index in [9.17, 15) is 9.59 Å². The first-order chi connectivity index (χ1) is 13.7. The van der Waals surface area contributed by atoms with Crippen LogP contribution in [0.5, 0.6) is 0 Å². The Morgan fingerprint density at radius 1 is 1.07 bits per heavy atom. The number of hydrogen-bond donors (Lipinski definition) is 1. The molecule has 3 aliphatic heterocycles. The van der Waals surface area contributed by atoms with Crippen LogP contribution in [0.3, 0.4) is 0 Å². The van der Waals surface area contributed by atoms with Crippen molar-refractivity contribution in [1.29, 1.82) is 0 Å². The maximum atomic E-state index is 13.0. The van der Waals surface area contributed by atoms with Gasteiger partial charge in [-0.25, -0.2) is 0 Å². The van der Waals surface area contributed by atoms with E-state index in [0.717, 1.165) is 44.0 Å². The molecular formula is C21H29N3O4. The second kappa shape index (κ2) is 8.59.